The summed E-state index contributed by atoms with van der Waals surface area (Å²) in [6, 6.07) is 11.2. The number of ether oxygens (including phenoxy) is 1. The molecule has 0 aromatic heterocycles. The van der Waals surface area contributed by atoms with Gasteiger partial charge in [-0.3, -0.25) is 0 Å². The molecule has 0 aliphatic carbocycles. The Morgan fingerprint density at radius 2 is 2.31 bits per heavy atom. The molecule has 0 spiro atoms. The van der Waals surface area contributed by atoms with Gasteiger partial charge in [0, 0.05) is 18.0 Å². The summed E-state index contributed by atoms with van der Waals surface area (Å²) in [4.78, 5) is 0. The van der Waals surface area contributed by atoms with Gasteiger partial charge in [0.05, 0.1) is 31.2 Å². The van der Waals surface area contributed by atoms with Gasteiger partial charge in [-0.05, 0) is 12.1 Å². The van der Waals surface area contributed by atoms with Crippen LogP contribution in [-0.4, -0.2) is 7.11 Å². The molecule has 0 aliphatic heterocycles. The molecule has 0 saturated heterocycles. The summed E-state index contributed by atoms with van der Waals surface area (Å²) < 4.78 is 5.06. The zero-order valence-corrected chi connectivity index (χ0v) is 8.90. The molecular weight excluding hydrogens is 202 g/mol. The molecule has 1 aromatic rings. The maximum atomic E-state index is 8.70. The van der Waals surface area contributed by atoms with Crippen LogP contribution in [0.4, 0.5) is 5.69 Å². The van der Waals surface area contributed by atoms with Gasteiger partial charge < -0.3 is 10.1 Å². The highest BCUT2D eigenvalue weighted by Crippen LogP contribution is 2.16. The number of hydrogen-bond acceptors (Lipinski definition) is 4. The van der Waals surface area contributed by atoms with E-state index in [1.54, 1.807) is 13.2 Å². The van der Waals surface area contributed by atoms with Gasteiger partial charge in [0.15, 0.2) is 0 Å². The van der Waals surface area contributed by atoms with Crippen molar-refractivity contribution in [1.82, 2.24) is 0 Å². The van der Waals surface area contributed by atoms with Crippen LogP contribution in [0.25, 0.3) is 0 Å². The maximum absolute atomic E-state index is 8.70. The number of nitrogens with one attached hydrogen (secondary N) is 1. The number of nitrogens with zero attached hydrogens (tertiary/aromatic N) is 2. The van der Waals surface area contributed by atoms with Gasteiger partial charge in [-0.2, -0.15) is 10.5 Å². The molecule has 0 fully saturated rings. The van der Waals surface area contributed by atoms with Crippen molar-refractivity contribution in [3.8, 4) is 17.9 Å². The lowest BCUT2D eigenvalue weighted by Gasteiger charge is -2.03. The van der Waals surface area contributed by atoms with E-state index in [4.69, 9.17) is 15.3 Å². The van der Waals surface area contributed by atoms with Crippen LogP contribution in [0.5, 0.6) is 5.75 Å². The third-order valence-corrected chi connectivity index (χ3v) is 1.90. The van der Waals surface area contributed by atoms with E-state index in [-0.39, 0.29) is 6.42 Å². The van der Waals surface area contributed by atoms with E-state index in [1.807, 2.05) is 30.3 Å². The molecule has 0 aliphatic rings. The summed E-state index contributed by atoms with van der Waals surface area (Å²) in [7, 11) is 1.59. The zero-order valence-electron chi connectivity index (χ0n) is 8.90. The second kappa shape index (κ2) is 6.10. The standard InChI is InChI=1S/C12H11N3O/c1-16-12-4-2-3-11(7-12)15-9-10(8-14)5-6-13/h2-4,7,9,15H,5H2,1H3/b10-9-. The minimum Gasteiger partial charge on any atom is -0.497 e. The normalized spacial score (nSPS) is 10.1. The Balaban J connectivity index is 2.74. The number of rotatable bonds is 4. The van der Waals surface area contributed by atoms with Crippen molar-refractivity contribution in [3.05, 3.63) is 36.0 Å². The van der Waals surface area contributed by atoms with Crippen LogP contribution in [-0.2, 0) is 0 Å². The van der Waals surface area contributed by atoms with Gasteiger partial charge in [0.2, 0.25) is 0 Å². The number of anilines is 1. The van der Waals surface area contributed by atoms with Crippen LogP contribution in [0.1, 0.15) is 6.42 Å². The maximum Gasteiger partial charge on any atom is 0.120 e. The Morgan fingerprint density at radius 3 is 2.94 bits per heavy atom. The Morgan fingerprint density at radius 1 is 1.50 bits per heavy atom. The summed E-state index contributed by atoms with van der Waals surface area (Å²) >= 11 is 0. The molecule has 1 N–H and O–H groups in total. The van der Waals surface area contributed by atoms with E-state index < -0.39 is 0 Å². The van der Waals surface area contributed by atoms with Crippen molar-refractivity contribution >= 4 is 5.69 Å². The quantitative estimate of drug-likeness (QED) is 0.780. The molecule has 80 valence electrons. The highest BCUT2D eigenvalue weighted by atomic mass is 16.5. The average Bonchev–Trinajstić information content (AvgIpc) is 2.34. The Bertz CT molecular complexity index is 466. The SMILES string of the molecule is COc1cccc(N/C=C(\C#N)CC#N)c1. The third-order valence-electron chi connectivity index (χ3n) is 1.90. The molecule has 0 heterocycles. The van der Waals surface area contributed by atoms with Gasteiger partial charge in [-0.15, -0.1) is 0 Å². The number of nitriles is 2. The van der Waals surface area contributed by atoms with Crippen molar-refractivity contribution in [1.29, 1.82) is 10.5 Å². The van der Waals surface area contributed by atoms with Crippen LogP contribution in [0, 0.1) is 22.7 Å². The van der Waals surface area contributed by atoms with Crippen LogP contribution in [0.2, 0.25) is 0 Å². The predicted molar refractivity (Wildman–Crippen MR) is 60.5 cm³/mol. The number of benzene rings is 1. The molecule has 0 atom stereocenters. The first-order chi connectivity index (χ1) is 7.80. The topological polar surface area (TPSA) is 68.8 Å². The van der Waals surface area contributed by atoms with Gasteiger partial charge in [-0.25, -0.2) is 0 Å². The fourth-order valence-electron chi connectivity index (χ4n) is 1.09. The van der Waals surface area contributed by atoms with Crippen molar-refractivity contribution in [3.63, 3.8) is 0 Å². The molecule has 0 unspecified atom stereocenters. The molecule has 0 bridgehead atoms. The lowest BCUT2D eigenvalue weighted by molar-refractivity contribution is 0.415. The molecular formula is C12H11N3O. The summed E-state index contributed by atoms with van der Waals surface area (Å²) in [5.74, 6) is 0.734. The number of hydrogen-bond donors (Lipinski definition) is 1. The Labute approximate surface area is 94.4 Å². The Kier molecular flexibility index (Phi) is 4.43. The third kappa shape index (κ3) is 3.36. The van der Waals surface area contributed by atoms with Crippen molar-refractivity contribution < 1.29 is 4.74 Å². The van der Waals surface area contributed by atoms with Crippen LogP contribution in [0.15, 0.2) is 36.0 Å². The highest BCUT2D eigenvalue weighted by molar-refractivity contribution is 5.51. The molecule has 1 rings (SSSR count). The van der Waals surface area contributed by atoms with E-state index in [0.29, 0.717) is 5.57 Å². The monoisotopic (exact) mass is 213 g/mol. The van der Waals surface area contributed by atoms with E-state index in [9.17, 15) is 0 Å². The average molecular weight is 213 g/mol. The molecule has 4 nitrogen and oxygen atoms in total. The molecule has 4 heteroatoms. The van der Waals surface area contributed by atoms with Crippen molar-refractivity contribution in [2.45, 2.75) is 6.42 Å². The number of allylic oxidation sites excluding steroid dienone is 1. The lowest BCUT2D eigenvalue weighted by atomic mass is 10.2. The Hall–Kier alpha value is -2.46. The van der Waals surface area contributed by atoms with Gasteiger partial charge >= 0.3 is 0 Å². The smallest absolute Gasteiger partial charge is 0.120 e. The number of methoxy groups -OCH3 is 1. The zero-order chi connectivity index (χ0) is 11.8. The molecule has 16 heavy (non-hydrogen) atoms. The second-order valence-corrected chi connectivity index (χ2v) is 2.99. The van der Waals surface area contributed by atoms with Crippen LogP contribution in [0.3, 0.4) is 0 Å². The van der Waals surface area contributed by atoms with Crippen LogP contribution >= 0.6 is 0 Å². The molecule has 0 radical (unpaired) electrons. The fraction of sp³-hybridized carbons (Fsp3) is 0.167. The molecule has 0 saturated carbocycles. The van der Waals surface area contributed by atoms with Crippen LogP contribution < -0.4 is 10.1 Å². The second-order valence-electron chi connectivity index (χ2n) is 2.99. The highest BCUT2D eigenvalue weighted by Gasteiger charge is 1.95. The minimum atomic E-state index is 0.105. The van der Waals surface area contributed by atoms with Crippen molar-refractivity contribution in [2.75, 3.05) is 12.4 Å². The predicted octanol–water partition coefficient (Wildman–Crippen LogP) is 2.43. The fourth-order valence-corrected chi connectivity index (χ4v) is 1.09. The lowest BCUT2D eigenvalue weighted by Crippen LogP contribution is -1.91. The summed E-state index contributed by atoms with van der Waals surface area (Å²) in [6.07, 6.45) is 1.63. The summed E-state index contributed by atoms with van der Waals surface area (Å²) in [5.41, 5.74) is 1.20. The van der Waals surface area contributed by atoms with Gasteiger partial charge in [0.25, 0.3) is 0 Å². The van der Waals surface area contributed by atoms with Gasteiger partial charge in [-0.1, -0.05) is 6.07 Å². The first-order valence-corrected chi connectivity index (χ1v) is 4.67. The van der Waals surface area contributed by atoms with E-state index in [1.165, 1.54) is 6.20 Å². The van der Waals surface area contributed by atoms with Gasteiger partial charge in [0.1, 0.15) is 5.75 Å². The summed E-state index contributed by atoms with van der Waals surface area (Å²) in [5, 5.41) is 20.1. The van der Waals surface area contributed by atoms with E-state index in [0.717, 1.165) is 11.4 Å². The largest absolute Gasteiger partial charge is 0.497 e. The molecule has 0 amide bonds. The minimum absolute atomic E-state index is 0.105. The first kappa shape index (κ1) is 11.6. The van der Waals surface area contributed by atoms with Crippen molar-refractivity contribution in [2.24, 2.45) is 0 Å². The molecule has 1 aromatic carbocycles. The van der Waals surface area contributed by atoms with E-state index in [2.05, 4.69) is 5.32 Å². The first-order valence-electron chi connectivity index (χ1n) is 4.67. The van der Waals surface area contributed by atoms with E-state index >= 15 is 0 Å². The summed E-state index contributed by atoms with van der Waals surface area (Å²) in [6.45, 7) is 0.